The third kappa shape index (κ3) is 3.70. The van der Waals surface area contributed by atoms with Crippen LogP contribution in [0.4, 0.5) is 5.69 Å². The molecular weight excluding hydrogens is 538 g/mol. The van der Waals surface area contributed by atoms with Gasteiger partial charge in [-0.15, -0.1) is 0 Å². The van der Waals surface area contributed by atoms with E-state index in [1.54, 1.807) is 12.1 Å². The molecule has 5 heteroatoms. The van der Waals surface area contributed by atoms with Gasteiger partial charge in [0.1, 0.15) is 0 Å². The molecular formula is C39H21N5. The zero-order valence-electron chi connectivity index (χ0n) is 23.4. The molecule has 0 aliphatic rings. The molecule has 0 fully saturated rings. The second kappa shape index (κ2) is 9.74. The molecule has 0 aliphatic carbocycles. The van der Waals surface area contributed by atoms with Crippen molar-refractivity contribution in [1.82, 2.24) is 9.13 Å². The molecule has 0 unspecified atom stereocenters. The Morgan fingerprint density at radius 2 is 1.07 bits per heavy atom. The molecule has 0 N–H and O–H groups in total. The van der Waals surface area contributed by atoms with Gasteiger partial charge in [-0.25, -0.2) is 4.85 Å². The van der Waals surface area contributed by atoms with Crippen LogP contribution < -0.4 is 0 Å². The fourth-order valence-corrected chi connectivity index (χ4v) is 6.43. The monoisotopic (exact) mass is 559 g/mol. The van der Waals surface area contributed by atoms with E-state index in [0.29, 0.717) is 16.8 Å². The highest BCUT2D eigenvalue weighted by atomic mass is 15.0. The summed E-state index contributed by atoms with van der Waals surface area (Å²) in [7, 11) is 0. The van der Waals surface area contributed by atoms with Gasteiger partial charge in [0, 0.05) is 32.8 Å². The van der Waals surface area contributed by atoms with Crippen LogP contribution in [0.5, 0.6) is 0 Å². The molecule has 202 valence electrons. The van der Waals surface area contributed by atoms with Crippen molar-refractivity contribution in [1.29, 1.82) is 10.5 Å². The highest BCUT2D eigenvalue weighted by Gasteiger charge is 2.17. The topological polar surface area (TPSA) is 61.8 Å². The first-order chi connectivity index (χ1) is 21.7. The first kappa shape index (κ1) is 25.1. The number of hydrogen-bond acceptors (Lipinski definition) is 2. The lowest BCUT2D eigenvalue weighted by Gasteiger charge is -2.11. The number of nitrogens with zero attached hydrogens (tertiary/aromatic N) is 5. The molecule has 6 aromatic carbocycles. The van der Waals surface area contributed by atoms with Crippen LogP contribution in [0.3, 0.4) is 0 Å². The Balaban J connectivity index is 1.34. The van der Waals surface area contributed by atoms with E-state index in [-0.39, 0.29) is 0 Å². The Hall–Kier alpha value is -6.61. The summed E-state index contributed by atoms with van der Waals surface area (Å²) >= 11 is 0. The van der Waals surface area contributed by atoms with Crippen LogP contribution in [0.1, 0.15) is 11.1 Å². The van der Waals surface area contributed by atoms with Crippen molar-refractivity contribution in [2.75, 3.05) is 0 Å². The van der Waals surface area contributed by atoms with E-state index in [1.807, 2.05) is 48.5 Å². The SMILES string of the molecule is [C-]#[N+]c1cc(C#N)ccc1-n1c2ccccc2c2cc(-c3ccc4c(c3)c3ccccc3n4-c3cccc(C#N)c3)ccc21. The molecule has 0 amide bonds. The van der Waals surface area contributed by atoms with Crippen molar-refractivity contribution in [2.45, 2.75) is 0 Å². The Bertz CT molecular complexity index is 2600. The van der Waals surface area contributed by atoms with Crippen LogP contribution in [0, 0.1) is 29.2 Å². The van der Waals surface area contributed by atoms with Crippen LogP contribution in [0.2, 0.25) is 0 Å². The third-order valence-electron chi connectivity index (χ3n) is 8.38. The molecule has 8 aromatic rings. The Morgan fingerprint density at radius 1 is 0.500 bits per heavy atom. The van der Waals surface area contributed by atoms with Gasteiger partial charge in [0.25, 0.3) is 0 Å². The zero-order chi connectivity index (χ0) is 29.8. The summed E-state index contributed by atoms with van der Waals surface area (Å²) in [5.41, 5.74) is 9.62. The fraction of sp³-hybridized carbons (Fsp3) is 0. The van der Waals surface area contributed by atoms with Crippen LogP contribution in [-0.4, -0.2) is 9.13 Å². The van der Waals surface area contributed by atoms with Crippen molar-refractivity contribution >= 4 is 49.3 Å². The van der Waals surface area contributed by atoms with Crippen LogP contribution in [-0.2, 0) is 0 Å². The second-order valence-electron chi connectivity index (χ2n) is 10.8. The van der Waals surface area contributed by atoms with Crippen molar-refractivity contribution < 1.29 is 0 Å². The molecule has 5 nitrogen and oxygen atoms in total. The maximum Gasteiger partial charge on any atom is 0.211 e. The van der Waals surface area contributed by atoms with Gasteiger partial charge in [0.15, 0.2) is 0 Å². The molecule has 8 rings (SSSR count). The molecule has 0 atom stereocenters. The normalized spacial score (nSPS) is 11.1. The van der Waals surface area contributed by atoms with E-state index in [1.165, 1.54) is 0 Å². The third-order valence-corrected chi connectivity index (χ3v) is 8.38. The summed E-state index contributed by atoms with van der Waals surface area (Å²) in [5.74, 6) is 0. The molecule has 0 saturated carbocycles. The summed E-state index contributed by atoms with van der Waals surface area (Å²) in [6.07, 6.45) is 0. The minimum absolute atomic E-state index is 0.443. The predicted molar refractivity (Wildman–Crippen MR) is 176 cm³/mol. The Morgan fingerprint density at radius 3 is 1.70 bits per heavy atom. The molecule has 0 bridgehead atoms. The van der Waals surface area contributed by atoms with Crippen molar-refractivity contribution in [3.05, 3.63) is 150 Å². The number of nitriles is 2. The highest BCUT2D eigenvalue weighted by molar-refractivity contribution is 6.13. The van der Waals surface area contributed by atoms with Crippen LogP contribution >= 0.6 is 0 Å². The average molecular weight is 560 g/mol. The molecule has 2 aromatic heterocycles. The van der Waals surface area contributed by atoms with Gasteiger partial charge in [-0.2, -0.15) is 10.5 Å². The lowest BCUT2D eigenvalue weighted by molar-refractivity contribution is 1.18. The van der Waals surface area contributed by atoms with Gasteiger partial charge in [-0.3, -0.25) is 0 Å². The first-order valence-corrected chi connectivity index (χ1v) is 14.2. The van der Waals surface area contributed by atoms with Crippen molar-refractivity contribution in [2.24, 2.45) is 0 Å². The average Bonchev–Trinajstić information content (AvgIpc) is 3.60. The number of benzene rings is 6. The smallest absolute Gasteiger partial charge is 0.211 e. The van der Waals surface area contributed by atoms with Crippen LogP contribution in [0.25, 0.3) is 71.0 Å². The fourth-order valence-electron chi connectivity index (χ4n) is 6.43. The molecule has 44 heavy (non-hydrogen) atoms. The van der Waals surface area contributed by atoms with E-state index >= 15 is 0 Å². The van der Waals surface area contributed by atoms with Gasteiger partial charge in [0.2, 0.25) is 5.69 Å². The second-order valence-corrected chi connectivity index (χ2v) is 10.8. The summed E-state index contributed by atoms with van der Waals surface area (Å²) in [5, 5.41) is 23.4. The Labute approximate surface area is 253 Å². The summed E-state index contributed by atoms with van der Waals surface area (Å²) in [6, 6.07) is 47.1. The number of para-hydroxylation sites is 2. The number of fused-ring (bicyclic) bond motifs is 6. The quantitative estimate of drug-likeness (QED) is 0.202. The maximum atomic E-state index is 9.52. The molecule has 0 aliphatic heterocycles. The minimum Gasteiger partial charge on any atom is -0.319 e. The minimum atomic E-state index is 0.443. The molecule has 0 radical (unpaired) electrons. The van der Waals surface area contributed by atoms with Crippen LogP contribution in [0.15, 0.2) is 127 Å². The predicted octanol–water partition coefficient (Wildman–Crippen LogP) is 9.84. The lowest BCUT2D eigenvalue weighted by Crippen LogP contribution is -1.95. The number of hydrogen-bond donors (Lipinski definition) is 0. The summed E-state index contributed by atoms with van der Waals surface area (Å²) < 4.78 is 4.34. The lowest BCUT2D eigenvalue weighted by atomic mass is 10.0. The molecule has 2 heterocycles. The standard InChI is InChI=1S/C39H21N5/c1-42-34-20-26(24-41)13-16-39(34)44-36-12-5-3-10-31(36)33-22-28(15-18-38(33)44)27-14-17-37-32(21-27)30-9-2-4-11-35(30)43(37)29-8-6-7-25(19-29)23-40/h2-22H. The number of rotatable bonds is 3. The summed E-state index contributed by atoms with van der Waals surface area (Å²) in [6.45, 7) is 7.81. The molecule has 0 saturated heterocycles. The highest BCUT2D eigenvalue weighted by Crippen LogP contribution is 2.39. The van der Waals surface area contributed by atoms with E-state index in [2.05, 4.69) is 92.8 Å². The van der Waals surface area contributed by atoms with E-state index in [4.69, 9.17) is 6.57 Å². The van der Waals surface area contributed by atoms with Gasteiger partial charge >= 0.3 is 0 Å². The molecule has 0 spiro atoms. The summed E-state index contributed by atoms with van der Waals surface area (Å²) in [4.78, 5) is 3.76. The first-order valence-electron chi connectivity index (χ1n) is 14.2. The van der Waals surface area contributed by atoms with Gasteiger partial charge in [-0.1, -0.05) is 54.6 Å². The van der Waals surface area contributed by atoms with E-state index in [9.17, 15) is 10.5 Å². The number of aromatic nitrogens is 2. The van der Waals surface area contributed by atoms with Gasteiger partial charge < -0.3 is 9.13 Å². The van der Waals surface area contributed by atoms with Gasteiger partial charge in [0.05, 0.1) is 52.0 Å². The van der Waals surface area contributed by atoms with Gasteiger partial charge in [-0.05, 0) is 83.9 Å². The van der Waals surface area contributed by atoms with Crippen molar-refractivity contribution in [3.8, 4) is 34.6 Å². The largest absolute Gasteiger partial charge is 0.319 e. The van der Waals surface area contributed by atoms with Crippen molar-refractivity contribution in [3.63, 3.8) is 0 Å². The van der Waals surface area contributed by atoms with E-state index in [0.717, 1.165) is 66.1 Å². The Kier molecular flexibility index (Phi) is 5.56. The zero-order valence-corrected chi connectivity index (χ0v) is 23.4. The van der Waals surface area contributed by atoms with E-state index < -0.39 is 0 Å². The maximum absolute atomic E-state index is 9.52.